The Labute approximate surface area is 165 Å². The quantitative estimate of drug-likeness (QED) is 0.573. The number of carbonyl (C=O) groups excluding carboxylic acids is 2. The summed E-state index contributed by atoms with van der Waals surface area (Å²) in [7, 11) is 0. The standard InChI is InChI=1S/C22H17F3N2O2/c1-14(28)26-17-10-11-20(19(13-17)22(23,24)25)27-21(29)12-9-16-7-4-6-15-5-2-3-8-18(15)16/h2-13H,1H3,(H,26,28)(H,27,29)/b12-9+. The molecule has 0 atom stereocenters. The van der Waals surface area contributed by atoms with Crippen LogP contribution in [-0.4, -0.2) is 11.8 Å². The number of carbonyl (C=O) groups is 2. The first-order chi connectivity index (χ1) is 13.7. The number of hydrogen-bond donors (Lipinski definition) is 2. The predicted octanol–water partition coefficient (Wildman–Crippen LogP) is 5.47. The first-order valence-corrected chi connectivity index (χ1v) is 8.70. The molecule has 0 spiro atoms. The Bertz CT molecular complexity index is 1100. The number of halogens is 3. The number of fused-ring (bicyclic) bond motifs is 1. The van der Waals surface area contributed by atoms with Gasteiger partial charge in [0.05, 0.1) is 11.3 Å². The molecule has 0 radical (unpaired) electrons. The smallest absolute Gasteiger partial charge is 0.326 e. The van der Waals surface area contributed by atoms with Gasteiger partial charge in [-0.25, -0.2) is 0 Å². The zero-order valence-corrected chi connectivity index (χ0v) is 15.4. The number of amides is 2. The van der Waals surface area contributed by atoms with E-state index in [0.29, 0.717) is 0 Å². The van der Waals surface area contributed by atoms with E-state index in [4.69, 9.17) is 0 Å². The maximum Gasteiger partial charge on any atom is 0.418 e. The highest BCUT2D eigenvalue weighted by Gasteiger charge is 2.34. The minimum absolute atomic E-state index is 0.00544. The Kier molecular flexibility index (Phi) is 5.68. The van der Waals surface area contributed by atoms with E-state index in [1.807, 2.05) is 42.5 Å². The third-order valence-electron chi connectivity index (χ3n) is 4.14. The molecular formula is C22H17F3N2O2. The molecule has 0 saturated carbocycles. The Hall–Kier alpha value is -3.61. The molecule has 2 amide bonds. The maximum atomic E-state index is 13.4. The summed E-state index contributed by atoms with van der Waals surface area (Å²) in [5, 5.41) is 6.47. The Balaban J connectivity index is 1.84. The summed E-state index contributed by atoms with van der Waals surface area (Å²) in [5.41, 5.74) is -0.667. The molecule has 0 saturated heterocycles. The number of alkyl halides is 3. The summed E-state index contributed by atoms with van der Waals surface area (Å²) in [6.45, 7) is 1.20. The monoisotopic (exact) mass is 398 g/mol. The molecule has 3 aromatic rings. The summed E-state index contributed by atoms with van der Waals surface area (Å²) < 4.78 is 40.1. The van der Waals surface area contributed by atoms with Crippen molar-refractivity contribution in [3.63, 3.8) is 0 Å². The summed E-state index contributed by atoms with van der Waals surface area (Å²) in [6, 6.07) is 16.4. The molecule has 0 bridgehead atoms. The van der Waals surface area contributed by atoms with Crippen molar-refractivity contribution in [2.45, 2.75) is 13.1 Å². The number of hydrogen-bond acceptors (Lipinski definition) is 2. The molecule has 4 nitrogen and oxygen atoms in total. The first-order valence-electron chi connectivity index (χ1n) is 8.70. The highest BCUT2D eigenvalue weighted by molar-refractivity contribution is 6.04. The van der Waals surface area contributed by atoms with Crippen LogP contribution in [-0.2, 0) is 15.8 Å². The van der Waals surface area contributed by atoms with Gasteiger partial charge in [-0.1, -0.05) is 42.5 Å². The molecule has 29 heavy (non-hydrogen) atoms. The minimum Gasteiger partial charge on any atom is -0.326 e. The van der Waals surface area contributed by atoms with E-state index in [1.165, 1.54) is 19.1 Å². The average molecular weight is 398 g/mol. The number of benzene rings is 3. The Morgan fingerprint density at radius 1 is 0.931 bits per heavy atom. The van der Waals surface area contributed by atoms with Crippen molar-refractivity contribution in [2.24, 2.45) is 0 Å². The second-order valence-electron chi connectivity index (χ2n) is 6.33. The van der Waals surface area contributed by atoms with Crippen molar-refractivity contribution in [3.05, 3.63) is 77.9 Å². The lowest BCUT2D eigenvalue weighted by atomic mass is 10.0. The van der Waals surface area contributed by atoms with E-state index in [2.05, 4.69) is 10.6 Å². The van der Waals surface area contributed by atoms with E-state index in [-0.39, 0.29) is 11.4 Å². The molecular weight excluding hydrogens is 381 g/mol. The van der Waals surface area contributed by atoms with Crippen molar-refractivity contribution in [3.8, 4) is 0 Å². The van der Waals surface area contributed by atoms with Crippen LogP contribution in [0.5, 0.6) is 0 Å². The Morgan fingerprint density at radius 3 is 2.38 bits per heavy atom. The molecule has 3 rings (SSSR count). The third-order valence-corrected chi connectivity index (χ3v) is 4.14. The van der Waals surface area contributed by atoms with Crippen LogP contribution >= 0.6 is 0 Å². The third kappa shape index (κ3) is 5.01. The normalized spacial score (nSPS) is 11.6. The first kappa shape index (κ1) is 20.1. The highest BCUT2D eigenvalue weighted by atomic mass is 19.4. The molecule has 0 heterocycles. The van der Waals surface area contributed by atoms with Crippen molar-refractivity contribution >= 4 is 40.0 Å². The van der Waals surface area contributed by atoms with Crippen LogP contribution in [0.15, 0.2) is 66.7 Å². The fraction of sp³-hybridized carbons (Fsp3) is 0.0909. The topological polar surface area (TPSA) is 58.2 Å². The SMILES string of the molecule is CC(=O)Nc1ccc(NC(=O)/C=C/c2cccc3ccccc23)c(C(F)(F)F)c1. The summed E-state index contributed by atoms with van der Waals surface area (Å²) >= 11 is 0. The van der Waals surface area contributed by atoms with Crippen molar-refractivity contribution in [2.75, 3.05) is 10.6 Å². The van der Waals surface area contributed by atoms with Gasteiger partial charge in [0.25, 0.3) is 0 Å². The Morgan fingerprint density at radius 2 is 1.66 bits per heavy atom. The maximum absolute atomic E-state index is 13.4. The largest absolute Gasteiger partial charge is 0.418 e. The van der Waals surface area contributed by atoms with E-state index in [0.717, 1.165) is 28.5 Å². The lowest BCUT2D eigenvalue weighted by Gasteiger charge is -2.15. The van der Waals surface area contributed by atoms with Gasteiger partial charge in [0.15, 0.2) is 0 Å². The van der Waals surface area contributed by atoms with Gasteiger partial charge in [0.2, 0.25) is 11.8 Å². The molecule has 0 fully saturated rings. The van der Waals surface area contributed by atoms with Gasteiger partial charge in [-0.15, -0.1) is 0 Å². The van der Waals surface area contributed by atoms with Gasteiger partial charge in [0, 0.05) is 18.7 Å². The summed E-state index contributed by atoms with van der Waals surface area (Å²) in [6.07, 6.45) is -1.96. The van der Waals surface area contributed by atoms with Crippen LogP contribution in [0, 0.1) is 0 Å². The second-order valence-corrected chi connectivity index (χ2v) is 6.33. The van der Waals surface area contributed by atoms with Gasteiger partial charge < -0.3 is 10.6 Å². The number of anilines is 2. The van der Waals surface area contributed by atoms with Crippen LogP contribution in [0.25, 0.3) is 16.8 Å². The molecule has 0 aliphatic carbocycles. The van der Waals surface area contributed by atoms with Crippen molar-refractivity contribution in [1.82, 2.24) is 0 Å². The van der Waals surface area contributed by atoms with Crippen LogP contribution in [0.4, 0.5) is 24.5 Å². The minimum atomic E-state index is -4.70. The zero-order valence-electron chi connectivity index (χ0n) is 15.4. The van der Waals surface area contributed by atoms with Gasteiger partial charge in [0.1, 0.15) is 0 Å². The number of rotatable bonds is 4. The van der Waals surface area contributed by atoms with Crippen LogP contribution in [0.2, 0.25) is 0 Å². The van der Waals surface area contributed by atoms with Gasteiger partial charge in [-0.2, -0.15) is 13.2 Å². The molecule has 0 aliphatic rings. The number of nitrogens with one attached hydrogen (secondary N) is 2. The molecule has 0 aromatic heterocycles. The van der Waals surface area contributed by atoms with Gasteiger partial charge in [-0.3, -0.25) is 9.59 Å². The van der Waals surface area contributed by atoms with Crippen molar-refractivity contribution in [1.29, 1.82) is 0 Å². The highest BCUT2D eigenvalue weighted by Crippen LogP contribution is 2.36. The second kappa shape index (κ2) is 8.18. The summed E-state index contributed by atoms with van der Waals surface area (Å²) in [4.78, 5) is 23.3. The fourth-order valence-corrected chi connectivity index (χ4v) is 2.90. The van der Waals surface area contributed by atoms with Gasteiger partial charge in [-0.05, 0) is 40.6 Å². The lowest BCUT2D eigenvalue weighted by molar-refractivity contribution is -0.137. The van der Waals surface area contributed by atoms with E-state index < -0.39 is 23.6 Å². The fourth-order valence-electron chi connectivity index (χ4n) is 2.90. The molecule has 148 valence electrons. The molecule has 0 aliphatic heterocycles. The molecule has 0 unspecified atom stereocenters. The molecule has 3 aromatic carbocycles. The van der Waals surface area contributed by atoms with Crippen molar-refractivity contribution < 1.29 is 22.8 Å². The van der Waals surface area contributed by atoms with E-state index in [1.54, 1.807) is 6.08 Å². The molecule has 7 heteroatoms. The van der Waals surface area contributed by atoms with Crippen LogP contribution < -0.4 is 10.6 Å². The van der Waals surface area contributed by atoms with Crippen LogP contribution in [0.1, 0.15) is 18.1 Å². The average Bonchev–Trinajstić information content (AvgIpc) is 2.66. The zero-order chi connectivity index (χ0) is 21.0. The van der Waals surface area contributed by atoms with Crippen LogP contribution in [0.3, 0.4) is 0 Å². The van der Waals surface area contributed by atoms with Gasteiger partial charge >= 0.3 is 6.18 Å². The van der Waals surface area contributed by atoms with E-state index in [9.17, 15) is 22.8 Å². The predicted molar refractivity (Wildman–Crippen MR) is 107 cm³/mol. The molecule has 2 N–H and O–H groups in total. The summed E-state index contributed by atoms with van der Waals surface area (Å²) in [5.74, 6) is -1.19. The lowest BCUT2D eigenvalue weighted by Crippen LogP contribution is -2.16. The van der Waals surface area contributed by atoms with E-state index >= 15 is 0 Å².